The highest BCUT2D eigenvalue weighted by molar-refractivity contribution is 7.46. The van der Waals surface area contributed by atoms with Gasteiger partial charge < -0.3 is 24.8 Å². The number of phosphoric ester groups is 1. The molecule has 0 aromatic carbocycles. The molecule has 0 aromatic heterocycles. The molecule has 29 heavy (non-hydrogen) atoms. The molecule has 1 fully saturated rings. The van der Waals surface area contributed by atoms with Crippen molar-refractivity contribution in [2.24, 2.45) is 0 Å². The van der Waals surface area contributed by atoms with Crippen LogP contribution in [0.25, 0.3) is 0 Å². The van der Waals surface area contributed by atoms with Crippen LogP contribution in [0, 0.1) is 0 Å². The number of hydrogen-bond donors (Lipinski definition) is 1. The third-order valence-electron chi connectivity index (χ3n) is 4.77. The minimum Gasteiger partial charge on any atom is -0.756 e. The van der Waals surface area contributed by atoms with E-state index in [0.29, 0.717) is 6.42 Å². The van der Waals surface area contributed by atoms with Crippen LogP contribution < -0.4 is 11.0 Å². The van der Waals surface area contributed by atoms with Crippen molar-refractivity contribution in [2.75, 3.05) is 13.2 Å². The van der Waals surface area contributed by atoms with E-state index in [2.05, 4.69) is 28.1 Å². The maximum Gasteiger partial charge on any atom is 0.305 e. The smallest absolute Gasteiger partial charge is 0.305 e. The van der Waals surface area contributed by atoms with Crippen LogP contribution in [0.15, 0.2) is 12.2 Å². The van der Waals surface area contributed by atoms with E-state index in [1.165, 1.54) is 57.8 Å². The Bertz CT molecular complexity index is 486. The number of carbonyl (C=O) groups is 1. The fraction of sp³-hybridized carbons (Fsp3) is 0.857. The average molecular weight is 436 g/mol. The molecule has 0 amide bonds. The van der Waals surface area contributed by atoms with Crippen LogP contribution in [0.5, 0.6) is 0 Å². The van der Waals surface area contributed by atoms with E-state index in [1.807, 2.05) is 0 Å². The van der Waals surface area contributed by atoms with Crippen LogP contribution in [0.2, 0.25) is 0 Å². The predicted molar refractivity (Wildman–Crippen MR) is 115 cm³/mol. The zero-order chi connectivity index (χ0) is 20.5. The standard InChI is InChI=1S/C21H39O6P.H3N/c1-2-3-4-5-6-7-8-9-10-11-12-13-14-15-16-17-21(22)25-18-20-19-26-28(23,24)27-20;/h9-10,20H,2-8,11-19H2,1H3,(H,23,24);1H3/b10-9-;/t20-;/m1./s1. The van der Waals surface area contributed by atoms with E-state index in [9.17, 15) is 14.3 Å². The molecule has 1 heterocycles. The predicted octanol–water partition coefficient (Wildman–Crippen LogP) is 5.83. The zero-order valence-corrected chi connectivity index (χ0v) is 19.3. The Morgan fingerprint density at radius 3 is 2.10 bits per heavy atom. The van der Waals surface area contributed by atoms with Gasteiger partial charge in [-0.2, -0.15) is 0 Å². The first-order valence-corrected chi connectivity index (χ1v) is 12.4. The van der Waals surface area contributed by atoms with Crippen LogP contribution in [-0.4, -0.2) is 25.3 Å². The lowest BCUT2D eigenvalue weighted by Gasteiger charge is -2.14. The number of rotatable bonds is 17. The Balaban J connectivity index is 0.00000784. The molecule has 1 saturated heterocycles. The second-order valence-corrected chi connectivity index (χ2v) is 8.85. The van der Waals surface area contributed by atoms with Gasteiger partial charge in [-0.25, -0.2) is 0 Å². The third-order valence-corrected chi connectivity index (χ3v) is 5.79. The Morgan fingerprint density at radius 1 is 1.00 bits per heavy atom. The molecule has 2 atom stereocenters. The summed E-state index contributed by atoms with van der Waals surface area (Å²) in [6.45, 7) is 2.09. The summed E-state index contributed by atoms with van der Waals surface area (Å²) >= 11 is 0. The van der Waals surface area contributed by atoms with E-state index >= 15 is 0 Å². The van der Waals surface area contributed by atoms with Gasteiger partial charge in [0.25, 0.3) is 7.82 Å². The lowest BCUT2D eigenvalue weighted by atomic mass is 10.1. The minimum atomic E-state index is -4.16. The van der Waals surface area contributed by atoms with Gasteiger partial charge in [0.2, 0.25) is 0 Å². The zero-order valence-electron chi connectivity index (χ0n) is 18.4. The molecule has 7 nitrogen and oxygen atoms in total. The molecule has 1 unspecified atom stereocenters. The lowest BCUT2D eigenvalue weighted by Crippen LogP contribution is -2.20. The highest BCUT2D eigenvalue weighted by Gasteiger charge is 2.28. The number of quaternary nitrogens is 1. The minimum absolute atomic E-state index is 0. The summed E-state index contributed by atoms with van der Waals surface area (Å²) in [7, 11) is -4.16. The van der Waals surface area contributed by atoms with Gasteiger partial charge in [0.05, 0.1) is 6.61 Å². The molecule has 8 heteroatoms. The first-order valence-electron chi connectivity index (χ1n) is 11.0. The van der Waals surface area contributed by atoms with E-state index in [-0.39, 0.29) is 25.3 Å². The normalized spacial score (nSPS) is 21.4. The Hall–Kier alpha value is -0.720. The number of phosphoric acid groups is 1. The summed E-state index contributed by atoms with van der Waals surface area (Å²) in [6.07, 6.45) is 20.0. The van der Waals surface area contributed by atoms with Crippen molar-refractivity contribution < 1.29 is 28.0 Å². The SMILES string of the molecule is CCCCCCCC/C=C\CCCCCCCC(=O)OC[C@@H]1COP(=O)([O-])O1.[NH4+]. The van der Waals surface area contributed by atoms with Crippen molar-refractivity contribution >= 4 is 13.8 Å². The van der Waals surface area contributed by atoms with E-state index in [0.717, 1.165) is 25.7 Å². The number of carbonyl (C=O) groups excluding carboxylic acids is 1. The van der Waals surface area contributed by atoms with E-state index in [1.54, 1.807) is 0 Å². The molecule has 4 N–H and O–H groups in total. The highest BCUT2D eigenvalue weighted by atomic mass is 31.2. The van der Waals surface area contributed by atoms with Gasteiger partial charge in [-0.15, -0.1) is 0 Å². The number of hydrogen-bond acceptors (Lipinski definition) is 6. The second-order valence-electron chi connectivity index (χ2n) is 7.49. The number of ether oxygens (including phenoxy) is 1. The molecule has 172 valence electrons. The van der Waals surface area contributed by atoms with Crippen molar-refractivity contribution in [3.8, 4) is 0 Å². The summed E-state index contributed by atoms with van der Waals surface area (Å²) in [5.74, 6) is -0.311. The third kappa shape index (κ3) is 16.7. The van der Waals surface area contributed by atoms with Crippen molar-refractivity contribution in [3.63, 3.8) is 0 Å². The van der Waals surface area contributed by atoms with Crippen LogP contribution in [0.3, 0.4) is 0 Å². The lowest BCUT2D eigenvalue weighted by molar-refractivity contribution is -0.215. The van der Waals surface area contributed by atoms with Gasteiger partial charge in [0.15, 0.2) is 0 Å². The first kappa shape index (κ1) is 28.3. The van der Waals surface area contributed by atoms with Gasteiger partial charge in [0.1, 0.15) is 12.7 Å². The Morgan fingerprint density at radius 2 is 1.55 bits per heavy atom. The van der Waals surface area contributed by atoms with Gasteiger partial charge in [0, 0.05) is 6.42 Å². The second kappa shape index (κ2) is 18.1. The van der Waals surface area contributed by atoms with E-state index in [4.69, 9.17) is 4.74 Å². The average Bonchev–Trinajstić information content (AvgIpc) is 3.02. The quantitative estimate of drug-likeness (QED) is 0.133. The number of esters is 1. The van der Waals surface area contributed by atoms with Crippen molar-refractivity contribution in [3.05, 3.63) is 12.2 Å². The molecular weight excluding hydrogens is 393 g/mol. The van der Waals surface area contributed by atoms with Crippen LogP contribution in [0.1, 0.15) is 96.8 Å². The van der Waals surface area contributed by atoms with Gasteiger partial charge in [-0.1, -0.05) is 70.4 Å². The maximum atomic E-state index is 11.6. The summed E-state index contributed by atoms with van der Waals surface area (Å²) < 4.78 is 25.1. The largest absolute Gasteiger partial charge is 0.756 e. The monoisotopic (exact) mass is 435 g/mol. The maximum absolute atomic E-state index is 11.6. The Labute approximate surface area is 176 Å². The molecular formula is C21H42NO6P. The van der Waals surface area contributed by atoms with Gasteiger partial charge >= 0.3 is 5.97 Å². The molecule has 1 aliphatic heterocycles. The summed E-state index contributed by atoms with van der Waals surface area (Å²) in [6, 6.07) is 0. The van der Waals surface area contributed by atoms with Crippen molar-refractivity contribution in [1.82, 2.24) is 6.15 Å². The molecule has 0 aromatic rings. The van der Waals surface area contributed by atoms with Crippen LogP contribution in [-0.2, 0) is 23.1 Å². The summed E-state index contributed by atoms with van der Waals surface area (Å²) in [5.41, 5.74) is 0. The fourth-order valence-corrected chi connectivity index (χ4v) is 3.99. The van der Waals surface area contributed by atoms with Crippen molar-refractivity contribution in [2.45, 2.75) is 103 Å². The topological polar surface area (TPSA) is 121 Å². The van der Waals surface area contributed by atoms with Crippen molar-refractivity contribution in [1.29, 1.82) is 0 Å². The number of unbranched alkanes of at least 4 members (excludes halogenated alkanes) is 11. The summed E-state index contributed by atoms with van der Waals surface area (Å²) in [5, 5.41) is 0. The van der Waals surface area contributed by atoms with Crippen LogP contribution >= 0.6 is 7.82 Å². The van der Waals surface area contributed by atoms with E-state index < -0.39 is 13.9 Å². The molecule has 0 radical (unpaired) electrons. The van der Waals surface area contributed by atoms with Gasteiger partial charge in [-0.05, 0) is 32.1 Å². The molecule has 0 aliphatic carbocycles. The molecule has 0 saturated carbocycles. The summed E-state index contributed by atoms with van der Waals surface area (Å²) in [4.78, 5) is 22.6. The first-order chi connectivity index (χ1) is 13.5. The van der Waals surface area contributed by atoms with Crippen LogP contribution in [0.4, 0.5) is 0 Å². The fourth-order valence-electron chi connectivity index (χ4n) is 3.09. The molecule has 1 rings (SSSR count). The molecule has 1 aliphatic rings. The van der Waals surface area contributed by atoms with Gasteiger partial charge in [-0.3, -0.25) is 9.36 Å². The molecule has 0 spiro atoms. The highest BCUT2D eigenvalue weighted by Crippen LogP contribution is 2.45. The molecule has 0 bridgehead atoms. The number of allylic oxidation sites excluding steroid dienone is 2. The Kier molecular flexibility index (Phi) is 17.6.